The highest BCUT2D eigenvalue weighted by Crippen LogP contribution is 2.21. The zero-order valence-corrected chi connectivity index (χ0v) is 11.2. The van der Waals surface area contributed by atoms with Crippen molar-refractivity contribution in [3.05, 3.63) is 40.4 Å². The maximum Gasteiger partial charge on any atom is 0.270 e. The molecule has 6 heteroatoms. The lowest BCUT2D eigenvalue weighted by atomic mass is 10.2. The first kappa shape index (κ1) is 14.2. The van der Waals surface area contributed by atoms with Gasteiger partial charge in [-0.05, 0) is 24.6 Å². The number of fused-ring (bicyclic) bond motifs is 1. The Morgan fingerprint density at radius 2 is 2.20 bits per heavy atom. The number of non-ortho nitro benzene ring substituents is 1. The standard InChI is InChI=1S/C14H17N3O3/c1-2-3-12(18)9-15-14-7-4-10-8-11(17(19)20)5-6-13(10)16-14/h4-8,12,18H,2-3,9H2,1H3,(H,15,16). The van der Waals surface area contributed by atoms with E-state index in [-0.39, 0.29) is 5.69 Å². The quantitative estimate of drug-likeness (QED) is 0.625. The lowest BCUT2D eigenvalue weighted by Gasteiger charge is -2.11. The highest BCUT2D eigenvalue weighted by molar-refractivity contribution is 5.82. The van der Waals surface area contributed by atoms with Crippen LogP contribution in [-0.2, 0) is 0 Å². The second kappa shape index (κ2) is 6.29. The van der Waals surface area contributed by atoms with E-state index in [1.165, 1.54) is 12.1 Å². The summed E-state index contributed by atoms with van der Waals surface area (Å²) < 4.78 is 0. The molecule has 0 aliphatic heterocycles. The van der Waals surface area contributed by atoms with Gasteiger partial charge in [0.05, 0.1) is 16.5 Å². The predicted molar refractivity (Wildman–Crippen MR) is 77.8 cm³/mol. The number of anilines is 1. The smallest absolute Gasteiger partial charge is 0.270 e. The van der Waals surface area contributed by atoms with Crippen molar-refractivity contribution in [1.29, 1.82) is 0 Å². The fourth-order valence-electron chi connectivity index (χ4n) is 1.98. The monoisotopic (exact) mass is 275 g/mol. The maximum absolute atomic E-state index is 10.7. The molecule has 1 aromatic carbocycles. The zero-order chi connectivity index (χ0) is 14.5. The summed E-state index contributed by atoms with van der Waals surface area (Å²) in [4.78, 5) is 14.6. The number of nitro groups is 1. The number of aliphatic hydroxyl groups excluding tert-OH is 1. The molecule has 1 heterocycles. The van der Waals surface area contributed by atoms with Gasteiger partial charge in [0, 0.05) is 24.1 Å². The summed E-state index contributed by atoms with van der Waals surface area (Å²) in [6.07, 6.45) is 1.28. The van der Waals surface area contributed by atoms with E-state index in [0.717, 1.165) is 18.2 Å². The van der Waals surface area contributed by atoms with Crippen LogP contribution in [0.5, 0.6) is 0 Å². The third-order valence-corrected chi connectivity index (χ3v) is 3.02. The van der Waals surface area contributed by atoms with Crippen LogP contribution in [0.15, 0.2) is 30.3 Å². The number of nitrogens with one attached hydrogen (secondary N) is 1. The minimum absolute atomic E-state index is 0.0541. The third-order valence-electron chi connectivity index (χ3n) is 3.02. The van der Waals surface area contributed by atoms with Gasteiger partial charge in [-0.3, -0.25) is 10.1 Å². The summed E-state index contributed by atoms with van der Waals surface area (Å²) in [6.45, 7) is 2.46. The van der Waals surface area contributed by atoms with E-state index in [1.807, 2.05) is 6.92 Å². The molecule has 0 bridgehead atoms. The molecule has 1 atom stereocenters. The fourth-order valence-corrected chi connectivity index (χ4v) is 1.98. The Bertz CT molecular complexity index is 616. The Morgan fingerprint density at radius 1 is 1.40 bits per heavy atom. The number of rotatable bonds is 6. The number of aliphatic hydroxyl groups is 1. The van der Waals surface area contributed by atoms with Gasteiger partial charge in [0.15, 0.2) is 0 Å². The fraction of sp³-hybridized carbons (Fsp3) is 0.357. The van der Waals surface area contributed by atoms with Gasteiger partial charge >= 0.3 is 0 Å². The van der Waals surface area contributed by atoms with Gasteiger partial charge in [-0.1, -0.05) is 13.3 Å². The van der Waals surface area contributed by atoms with Crippen molar-refractivity contribution in [2.24, 2.45) is 0 Å². The minimum atomic E-state index is -0.424. The number of benzene rings is 1. The highest BCUT2D eigenvalue weighted by Gasteiger charge is 2.08. The molecule has 20 heavy (non-hydrogen) atoms. The molecule has 2 rings (SSSR count). The van der Waals surface area contributed by atoms with Crippen molar-refractivity contribution in [2.75, 3.05) is 11.9 Å². The number of nitrogens with zero attached hydrogens (tertiary/aromatic N) is 2. The maximum atomic E-state index is 10.7. The van der Waals surface area contributed by atoms with Gasteiger partial charge < -0.3 is 10.4 Å². The molecule has 0 spiro atoms. The van der Waals surface area contributed by atoms with Crippen molar-refractivity contribution >= 4 is 22.4 Å². The van der Waals surface area contributed by atoms with E-state index in [2.05, 4.69) is 10.3 Å². The number of pyridine rings is 1. The molecule has 6 nitrogen and oxygen atoms in total. The first-order valence-corrected chi connectivity index (χ1v) is 6.57. The van der Waals surface area contributed by atoms with Crippen LogP contribution >= 0.6 is 0 Å². The Kier molecular flexibility index (Phi) is 4.47. The molecule has 0 aliphatic rings. The summed E-state index contributed by atoms with van der Waals surface area (Å²) in [5.74, 6) is 0.654. The average Bonchev–Trinajstić information content (AvgIpc) is 2.44. The van der Waals surface area contributed by atoms with Gasteiger partial charge in [-0.2, -0.15) is 0 Å². The van der Waals surface area contributed by atoms with E-state index < -0.39 is 11.0 Å². The molecule has 0 saturated heterocycles. The largest absolute Gasteiger partial charge is 0.391 e. The summed E-state index contributed by atoms with van der Waals surface area (Å²) in [5, 5.41) is 24.1. The Labute approximate surface area is 116 Å². The minimum Gasteiger partial charge on any atom is -0.391 e. The van der Waals surface area contributed by atoms with E-state index in [4.69, 9.17) is 0 Å². The normalized spacial score (nSPS) is 12.3. The van der Waals surface area contributed by atoms with Crippen LogP contribution in [0.2, 0.25) is 0 Å². The Balaban J connectivity index is 2.13. The Hall–Kier alpha value is -2.21. The molecule has 0 amide bonds. The van der Waals surface area contributed by atoms with Crippen LogP contribution in [0.3, 0.4) is 0 Å². The molecular weight excluding hydrogens is 258 g/mol. The molecule has 0 fully saturated rings. The molecule has 0 saturated carbocycles. The molecular formula is C14H17N3O3. The number of nitro benzene ring substituents is 1. The van der Waals surface area contributed by atoms with Crippen LogP contribution in [0, 0.1) is 10.1 Å². The van der Waals surface area contributed by atoms with Gasteiger partial charge in [0.25, 0.3) is 5.69 Å². The number of hydrogen-bond acceptors (Lipinski definition) is 5. The summed E-state index contributed by atoms with van der Waals surface area (Å²) >= 11 is 0. The number of aromatic nitrogens is 1. The zero-order valence-electron chi connectivity index (χ0n) is 11.2. The van der Waals surface area contributed by atoms with Crippen molar-refractivity contribution in [3.63, 3.8) is 0 Å². The topological polar surface area (TPSA) is 88.3 Å². The van der Waals surface area contributed by atoms with E-state index >= 15 is 0 Å². The molecule has 106 valence electrons. The van der Waals surface area contributed by atoms with Crippen LogP contribution in [0.25, 0.3) is 10.9 Å². The van der Waals surface area contributed by atoms with Gasteiger partial charge in [-0.15, -0.1) is 0 Å². The van der Waals surface area contributed by atoms with Crippen LogP contribution in [0.1, 0.15) is 19.8 Å². The van der Waals surface area contributed by atoms with Crippen molar-refractivity contribution in [3.8, 4) is 0 Å². The molecule has 0 radical (unpaired) electrons. The number of hydrogen-bond donors (Lipinski definition) is 2. The summed E-state index contributed by atoms with van der Waals surface area (Å²) in [7, 11) is 0. The molecule has 2 aromatic rings. The first-order chi connectivity index (χ1) is 9.60. The summed E-state index contributed by atoms with van der Waals surface area (Å²) in [5.41, 5.74) is 0.740. The first-order valence-electron chi connectivity index (χ1n) is 6.57. The van der Waals surface area contributed by atoms with Crippen molar-refractivity contribution < 1.29 is 10.0 Å². The lowest BCUT2D eigenvalue weighted by Crippen LogP contribution is -2.19. The van der Waals surface area contributed by atoms with Gasteiger partial charge in [0.2, 0.25) is 0 Å². The molecule has 1 aromatic heterocycles. The van der Waals surface area contributed by atoms with Crippen LogP contribution in [0.4, 0.5) is 11.5 Å². The van der Waals surface area contributed by atoms with E-state index in [1.54, 1.807) is 18.2 Å². The van der Waals surface area contributed by atoms with E-state index in [0.29, 0.717) is 17.9 Å². The highest BCUT2D eigenvalue weighted by atomic mass is 16.6. The lowest BCUT2D eigenvalue weighted by molar-refractivity contribution is -0.384. The SMILES string of the molecule is CCCC(O)CNc1ccc2cc([N+](=O)[O-])ccc2n1. The average molecular weight is 275 g/mol. The second-order valence-corrected chi connectivity index (χ2v) is 4.65. The summed E-state index contributed by atoms with van der Waals surface area (Å²) in [6, 6.07) is 8.10. The predicted octanol–water partition coefficient (Wildman–Crippen LogP) is 2.72. The van der Waals surface area contributed by atoms with Gasteiger partial charge in [0.1, 0.15) is 5.82 Å². The Morgan fingerprint density at radius 3 is 2.90 bits per heavy atom. The van der Waals surface area contributed by atoms with Crippen molar-refractivity contribution in [2.45, 2.75) is 25.9 Å². The van der Waals surface area contributed by atoms with Crippen LogP contribution in [-0.4, -0.2) is 27.7 Å². The third kappa shape index (κ3) is 3.42. The van der Waals surface area contributed by atoms with E-state index in [9.17, 15) is 15.2 Å². The second-order valence-electron chi connectivity index (χ2n) is 4.65. The van der Waals surface area contributed by atoms with Gasteiger partial charge in [-0.25, -0.2) is 4.98 Å². The molecule has 2 N–H and O–H groups in total. The molecule has 1 unspecified atom stereocenters. The molecule has 0 aliphatic carbocycles. The van der Waals surface area contributed by atoms with Crippen molar-refractivity contribution in [1.82, 2.24) is 4.98 Å². The van der Waals surface area contributed by atoms with Crippen LogP contribution < -0.4 is 5.32 Å².